The summed E-state index contributed by atoms with van der Waals surface area (Å²) in [6.45, 7) is 5.20. The number of hydrogen-bond acceptors (Lipinski definition) is 2. The second-order valence-corrected chi connectivity index (χ2v) is 5.36. The highest BCUT2D eigenvalue weighted by atomic mass is 32.2. The third kappa shape index (κ3) is 2.56. The second kappa shape index (κ2) is 5.53. The van der Waals surface area contributed by atoms with E-state index in [0.29, 0.717) is 0 Å². The van der Waals surface area contributed by atoms with E-state index in [2.05, 4.69) is 67.4 Å². The molecule has 0 atom stereocenters. The summed E-state index contributed by atoms with van der Waals surface area (Å²) in [5.41, 5.74) is 5.22. The van der Waals surface area contributed by atoms with Gasteiger partial charge in [-0.3, -0.25) is 0 Å². The quantitative estimate of drug-likeness (QED) is 0.838. The van der Waals surface area contributed by atoms with Crippen LogP contribution in [-0.2, 0) is 13.6 Å². The molecule has 0 aliphatic heterocycles. The zero-order chi connectivity index (χ0) is 13.1. The first-order chi connectivity index (χ1) is 8.63. The Morgan fingerprint density at radius 1 is 1.22 bits per heavy atom. The smallest absolute Gasteiger partial charge is 0.0480 e. The Balaban J connectivity index is 2.14. The molecule has 1 aromatic carbocycles. The number of nitrogens with one attached hydrogen (secondary N) is 1. The van der Waals surface area contributed by atoms with Crippen LogP contribution in [0.1, 0.15) is 17.0 Å². The molecule has 1 N–H and O–H groups in total. The number of para-hydroxylation sites is 1. The molecule has 0 fully saturated rings. The topological polar surface area (TPSA) is 17.0 Å². The summed E-state index contributed by atoms with van der Waals surface area (Å²) in [5, 5.41) is 3.53. The molecule has 3 heteroatoms. The average Bonchev–Trinajstić information content (AvgIpc) is 2.64. The zero-order valence-electron chi connectivity index (χ0n) is 11.4. The highest BCUT2D eigenvalue weighted by Gasteiger charge is 2.06. The summed E-state index contributed by atoms with van der Waals surface area (Å²) in [6.07, 6.45) is 2.11. The van der Waals surface area contributed by atoms with Gasteiger partial charge in [-0.05, 0) is 43.9 Å². The van der Waals surface area contributed by atoms with Crippen molar-refractivity contribution in [3.05, 3.63) is 47.3 Å². The first-order valence-electron chi connectivity index (χ1n) is 6.12. The van der Waals surface area contributed by atoms with Gasteiger partial charge in [0.2, 0.25) is 0 Å². The summed E-state index contributed by atoms with van der Waals surface area (Å²) >= 11 is 1.78. The summed E-state index contributed by atoms with van der Waals surface area (Å²) in [5.74, 6) is 0. The third-order valence-corrected chi connectivity index (χ3v) is 4.25. The van der Waals surface area contributed by atoms with Crippen LogP contribution in [0.25, 0.3) is 0 Å². The van der Waals surface area contributed by atoms with Gasteiger partial charge < -0.3 is 9.88 Å². The van der Waals surface area contributed by atoms with Crippen molar-refractivity contribution in [1.29, 1.82) is 0 Å². The van der Waals surface area contributed by atoms with E-state index in [0.717, 1.165) is 6.54 Å². The summed E-state index contributed by atoms with van der Waals surface area (Å²) in [6, 6.07) is 10.7. The van der Waals surface area contributed by atoms with Gasteiger partial charge in [-0.25, -0.2) is 0 Å². The van der Waals surface area contributed by atoms with E-state index < -0.39 is 0 Å². The van der Waals surface area contributed by atoms with Crippen molar-refractivity contribution in [2.24, 2.45) is 7.05 Å². The first kappa shape index (κ1) is 13.1. The molecule has 0 amide bonds. The Morgan fingerprint density at radius 2 is 1.94 bits per heavy atom. The van der Waals surface area contributed by atoms with Crippen LogP contribution >= 0.6 is 11.8 Å². The minimum Gasteiger partial charge on any atom is -0.380 e. The van der Waals surface area contributed by atoms with Crippen molar-refractivity contribution in [1.82, 2.24) is 4.57 Å². The van der Waals surface area contributed by atoms with E-state index in [1.165, 1.54) is 27.5 Å². The van der Waals surface area contributed by atoms with Crippen molar-refractivity contribution in [2.45, 2.75) is 25.3 Å². The van der Waals surface area contributed by atoms with Crippen molar-refractivity contribution in [3.8, 4) is 0 Å². The van der Waals surface area contributed by atoms with Gasteiger partial charge in [0.05, 0.1) is 0 Å². The van der Waals surface area contributed by atoms with E-state index in [-0.39, 0.29) is 0 Å². The lowest BCUT2D eigenvalue weighted by atomic mass is 10.2. The van der Waals surface area contributed by atoms with Crippen LogP contribution in [0.3, 0.4) is 0 Å². The Kier molecular flexibility index (Phi) is 4.02. The van der Waals surface area contributed by atoms with E-state index in [4.69, 9.17) is 0 Å². The van der Waals surface area contributed by atoms with Gasteiger partial charge in [-0.1, -0.05) is 12.1 Å². The highest BCUT2D eigenvalue weighted by molar-refractivity contribution is 7.98. The molecule has 2 rings (SSSR count). The number of thioether (sulfide) groups is 1. The zero-order valence-corrected chi connectivity index (χ0v) is 12.3. The fraction of sp³-hybridized carbons (Fsp3) is 0.333. The monoisotopic (exact) mass is 260 g/mol. The molecule has 1 aromatic heterocycles. The van der Waals surface area contributed by atoms with Crippen molar-refractivity contribution in [3.63, 3.8) is 0 Å². The van der Waals surface area contributed by atoms with Gasteiger partial charge in [0.1, 0.15) is 0 Å². The predicted molar refractivity (Wildman–Crippen MR) is 80.4 cm³/mol. The number of anilines is 1. The van der Waals surface area contributed by atoms with Gasteiger partial charge >= 0.3 is 0 Å². The van der Waals surface area contributed by atoms with Gasteiger partial charge in [0.15, 0.2) is 0 Å². The van der Waals surface area contributed by atoms with Crippen LogP contribution in [0.2, 0.25) is 0 Å². The summed E-state index contributed by atoms with van der Waals surface area (Å²) < 4.78 is 2.23. The van der Waals surface area contributed by atoms with Crippen molar-refractivity contribution in [2.75, 3.05) is 11.6 Å². The van der Waals surface area contributed by atoms with Crippen LogP contribution < -0.4 is 5.32 Å². The number of aromatic nitrogens is 1. The van der Waals surface area contributed by atoms with Gasteiger partial charge in [-0.2, -0.15) is 0 Å². The number of aryl methyl sites for hydroxylation is 1. The highest BCUT2D eigenvalue weighted by Crippen LogP contribution is 2.25. The fourth-order valence-electron chi connectivity index (χ4n) is 2.09. The molecule has 1 heterocycles. The lowest BCUT2D eigenvalue weighted by Gasteiger charge is -2.10. The normalized spacial score (nSPS) is 10.7. The molecule has 2 nitrogen and oxygen atoms in total. The number of hydrogen-bond donors (Lipinski definition) is 1. The standard InChI is InChI=1S/C15H20N2S/c1-11-9-13(12(2)17(11)3)10-16-14-7-5-6-8-15(14)18-4/h5-9,16H,10H2,1-4H3. The molecule has 0 unspecified atom stereocenters. The van der Waals surface area contributed by atoms with Crippen molar-refractivity contribution < 1.29 is 0 Å². The lowest BCUT2D eigenvalue weighted by molar-refractivity contribution is 0.836. The number of benzene rings is 1. The molecule has 0 saturated carbocycles. The predicted octanol–water partition coefficient (Wildman–Crippen LogP) is 3.98. The van der Waals surface area contributed by atoms with E-state index >= 15 is 0 Å². The van der Waals surface area contributed by atoms with Crippen molar-refractivity contribution >= 4 is 17.4 Å². The van der Waals surface area contributed by atoms with Gasteiger partial charge in [0, 0.05) is 35.6 Å². The molecule has 0 aliphatic carbocycles. The maximum atomic E-state index is 3.53. The maximum Gasteiger partial charge on any atom is 0.0480 e. The average molecular weight is 260 g/mol. The molecule has 0 saturated heterocycles. The van der Waals surface area contributed by atoms with Crippen LogP contribution in [0.5, 0.6) is 0 Å². The lowest BCUT2D eigenvalue weighted by Crippen LogP contribution is -2.02. The summed E-state index contributed by atoms with van der Waals surface area (Å²) in [7, 11) is 2.12. The Labute approximate surface area is 113 Å². The maximum absolute atomic E-state index is 3.53. The van der Waals surface area contributed by atoms with E-state index in [1.54, 1.807) is 11.8 Å². The molecule has 0 aliphatic rings. The Hall–Kier alpha value is -1.35. The Bertz CT molecular complexity index is 543. The first-order valence-corrected chi connectivity index (χ1v) is 7.34. The third-order valence-electron chi connectivity index (χ3n) is 3.46. The molecule has 0 spiro atoms. The molecule has 18 heavy (non-hydrogen) atoms. The minimum absolute atomic E-state index is 0.880. The molecular weight excluding hydrogens is 240 g/mol. The van der Waals surface area contributed by atoms with Gasteiger partial charge in [0.25, 0.3) is 0 Å². The molecule has 96 valence electrons. The van der Waals surface area contributed by atoms with Crippen LogP contribution in [0.4, 0.5) is 5.69 Å². The second-order valence-electron chi connectivity index (χ2n) is 4.51. The van der Waals surface area contributed by atoms with Gasteiger partial charge in [-0.15, -0.1) is 11.8 Å². The van der Waals surface area contributed by atoms with E-state index in [1.807, 2.05) is 0 Å². The largest absolute Gasteiger partial charge is 0.380 e. The summed E-state index contributed by atoms with van der Waals surface area (Å²) in [4.78, 5) is 1.29. The van der Waals surface area contributed by atoms with Crippen LogP contribution in [-0.4, -0.2) is 10.8 Å². The number of rotatable bonds is 4. The molecular formula is C15H20N2S. The molecule has 0 bridgehead atoms. The molecule has 0 radical (unpaired) electrons. The van der Waals surface area contributed by atoms with Crippen LogP contribution in [0, 0.1) is 13.8 Å². The fourth-order valence-corrected chi connectivity index (χ4v) is 2.67. The van der Waals surface area contributed by atoms with E-state index in [9.17, 15) is 0 Å². The SMILES string of the molecule is CSc1ccccc1NCc1cc(C)n(C)c1C. The number of nitrogens with zero attached hydrogens (tertiary/aromatic N) is 1. The minimum atomic E-state index is 0.880. The molecule has 2 aromatic rings. The van der Waals surface area contributed by atoms with Crippen LogP contribution in [0.15, 0.2) is 35.2 Å². The Morgan fingerprint density at radius 3 is 2.56 bits per heavy atom.